The summed E-state index contributed by atoms with van der Waals surface area (Å²) in [5, 5.41) is 14.6. The topological polar surface area (TPSA) is 87.7 Å². The summed E-state index contributed by atoms with van der Waals surface area (Å²) in [6.07, 6.45) is 2.52. The zero-order chi connectivity index (χ0) is 13.4. The molecule has 0 aromatic carbocycles. The molecule has 6 nitrogen and oxygen atoms in total. The molecule has 1 atom stereocenters. The first kappa shape index (κ1) is 14.9. The van der Waals surface area contributed by atoms with E-state index < -0.39 is 5.97 Å². The van der Waals surface area contributed by atoms with Gasteiger partial charge in [-0.15, -0.1) is 0 Å². The minimum absolute atomic E-state index is 0.0147. The highest BCUT2D eigenvalue weighted by Crippen LogP contribution is 2.06. The third kappa shape index (κ3) is 5.97. The molecule has 1 rings (SSSR count). The molecular weight excluding hydrogens is 236 g/mol. The molecular formula is C12H22N2O4. The van der Waals surface area contributed by atoms with Crippen molar-refractivity contribution in [1.82, 2.24) is 10.6 Å². The molecule has 6 heteroatoms. The molecule has 0 aromatic heterocycles. The van der Waals surface area contributed by atoms with Crippen molar-refractivity contribution in [3.05, 3.63) is 0 Å². The summed E-state index contributed by atoms with van der Waals surface area (Å²) >= 11 is 0. The fraction of sp³-hybridized carbons (Fsp3) is 0.833. The first-order chi connectivity index (χ1) is 8.61. The Morgan fingerprint density at radius 3 is 2.67 bits per heavy atom. The SMILES string of the molecule is CCC(CC(=O)O)NC(=O)COC1CCNCC1. The molecule has 0 aliphatic carbocycles. The smallest absolute Gasteiger partial charge is 0.305 e. The highest BCUT2D eigenvalue weighted by molar-refractivity contribution is 5.78. The normalized spacial score (nSPS) is 18.3. The Labute approximate surface area is 107 Å². The van der Waals surface area contributed by atoms with Gasteiger partial charge in [-0.05, 0) is 32.4 Å². The van der Waals surface area contributed by atoms with Crippen LogP contribution in [0.3, 0.4) is 0 Å². The van der Waals surface area contributed by atoms with Crippen LogP contribution in [0.15, 0.2) is 0 Å². The number of hydrogen-bond acceptors (Lipinski definition) is 4. The van der Waals surface area contributed by atoms with E-state index in [1.807, 2.05) is 6.92 Å². The Bertz CT molecular complexity index is 277. The van der Waals surface area contributed by atoms with Gasteiger partial charge in [0, 0.05) is 6.04 Å². The van der Waals surface area contributed by atoms with Gasteiger partial charge in [-0.25, -0.2) is 0 Å². The van der Waals surface area contributed by atoms with Gasteiger partial charge < -0.3 is 20.5 Å². The molecule has 0 aromatic rings. The molecule has 1 aliphatic heterocycles. The number of amides is 1. The minimum atomic E-state index is -0.901. The average Bonchev–Trinajstić information content (AvgIpc) is 2.36. The van der Waals surface area contributed by atoms with Crippen molar-refractivity contribution < 1.29 is 19.4 Å². The van der Waals surface area contributed by atoms with Gasteiger partial charge in [-0.2, -0.15) is 0 Å². The number of carboxylic acids is 1. The summed E-state index contributed by atoms with van der Waals surface area (Å²) in [5.74, 6) is -1.14. The third-order valence-electron chi connectivity index (χ3n) is 3.02. The highest BCUT2D eigenvalue weighted by atomic mass is 16.5. The van der Waals surface area contributed by atoms with Gasteiger partial charge in [0.1, 0.15) is 6.61 Å². The molecule has 0 radical (unpaired) electrons. The van der Waals surface area contributed by atoms with Crippen LogP contribution in [0.5, 0.6) is 0 Å². The lowest BCUT2D eigenvalue weighted by Gasteiger charge is -2.23. The van der Waals surface area contributed by atoms with Crippen LogP contribution < -0.4 is 10.6 Å². The van der Waals surface area contributed by atoms with Crippen molar-refractivity contribution in [3.8, 4) is 0 Å². The maximum absolute atomic E-state index is 11.6. The van der Waals surface area contributed by atoms with Crippen LogP contribution in [-0.4, -0.2) is 48.8 Å². The van der Waals surface area contributed by atoms with E-state index >= 15 is 0 Å². The van der Waals surface area contributed by atoms with Gasteiger partial charge in [0.25, 0.3) is 0 Å². The Morgan fingerprint density at radius 1 is 1.44 bits per heavy atom. The molecule has 104 valence electrons. The lowest BCUT2D eigenvalue weighted by molar-refractivity contribution is -0.138. The molecule has 1 heterocycles. The molecule has 1 unspecified atom stereocenters. The van der Waals surface area contributed by atoms with Crippen molar-refractivity contribution in [2.75, 3.05) is 19.7 Å². The largest absolute Gasteiger partial charge is 0.481 e. The van der Waals surface area contributed by atoms with Crippen molar-refractivity contribution in [1.29, 1.82) is 0 Å². The summed E-state index contributed by atoms with van der Waals surface area (Å²) in [6.45, 7) is 3.70. The third-order valence-corrected chi connectivity index (χ3v) is 3.02. The fourth-order valence-corrected chi connectivity index (χ4v) is 1.93. The Balaban J connectivity index is 2.20. The van der Waals surface area contributed by atoms with Crippen molar-refractivity contribution in [3.63, 3.8) is 0 Å². The van der Waals surface area contributed by atoms with Crippen LogP contribution in [0.25, 0.3) is 0 Å². The van der Waals surface area contributed by atoms with E-state index in [0.29, 0.717) is 6.42 Å². The maximum Gasteiger partial charge on any atom is 0.305 e. The lowest BCUT2D eigenvalue weighted by Crippen LogP contribution is -2.40. The van der Waals surface area contributed by atoms with Crippen LogP contribution in [0, 0.1) is 0 Å². The van der Waals surface area contributed by atoms with Crippen LogP contribution in [-0.2, 0) is 14.3 Å². The van der Waals surface area contributed by atoms with E-state index in [9.17, 15) is 9.59 Å². The van der Waals surface area contributed by atoms with Gasteiger partial charge in [0.15, 0.2) is 0 Å². The number of carbonyl (C=O) groups excluding carboxylic acids is 1. The molecule has 18 heavy (non-hydrogen) atoms. The Morgan fingerprint density at radius 2 is 2.11 bits per heavy atom. The maximum atomic E-state index is 11.6. The zero-order valence-corrected chi connectivity index (χ0v) is 10.8. The van der Waals surface area contributed by atoms with Crippen molar-refractivity contribution in [2.24, 2.45) is 0 Å². The van der Waals surface area contributed by atoms with Gasteiger partial charge in [0.2, 0.25) is 5.91 Å². The zero-order valence-electron chi connectivity index (χ0n) is 10.8. The van der Waals surface area contributed by atoms with E-state index in [0.717, 1.165) is 25.9 Å². The second-order valence-electron chi connectivity index (χ2n) is 4.53. The first-order valence-corrected chi connectivity index (χ1v) is 6.45. The molecule has 1 aliphatic rings. The number of rotatable bonds is 7. The molecule has 1 amide bonds. The summed E-state index contributed by atoms with van der Waals surface area (Å²) in [5.41, 5.74) is 0. The molecule has 0 saturated carbocycles. The van der Waals surface area contributed by atoms with E-state index in [2.05, 4.69) is 10.6 Å². The molecule has 1 saturated heterocycles. The van der Waals surface area contributed by atoms with Crippen LogP contribution in [0.2, 0.25) is 0 Å². The summed E-state index contributed by atoms with van der Waals surface area (Å²) in [6, 6.07) is -0.313. The number of hydrogen-bond donors (Lipinski definition) is 3. The quantitative estimate of drug-likeness (QED) is 0.604. The second kappa shape index (κ2) is 8.05. The van der Waals surface area contributed by atoms with Gasteiger partial charge in [-0.1, -0.05) is 6.92 Å². The summed E-state index contributed by atoms with van der Waals surface area (Å²) in [4.78, 5) is 22.2. The van der Waals surface area contributed by atoms with Crippen molar-refractivity contribution >= 4 is 11.9 Å². The molecule has 0 bridgehead atoms. The van der Waals surface area contributed by atoms with Gasteiger partial charge >= 0.3 is 5.97 Å². The van der Waals surface area contributed by atoms with E-state index in [-0.39, 0.29) is 31.1 Å². The van der Waals surface area contributed by atoms with E-state index in [1.165, 1.54) is 0 Å². The minimum Gasteiger partial charge on any atom is -0.481 e. The predicted octanol–water partition coefficient (Wildman–Crippen LogP) is 0.125. The Hall–Kier alpha value is -1.14. The molecule has 0 spiro atoms. The van der Waals surface area contributed by atoms with Gasteiger partial charge in [-0.3, -0.25) is 9.59 Å². The van der Waals surface area contributed by atoms with Crippen LogP contribution >= 0.6 is 0 Å². The highest BCUT2D eigenvalue weighted by Gasteiger charge is 2.17. The average molecular weight is 258 g/mol. The number of nitrogens with one attached hydrogen (secondary N) is 2. The lowest BCUT2D eigenvalue weighted by atomic mass is 10.1. The van der Waals surface area contributed by atoms with Crippen molar-refractivity contribution in [2.45, 2.75) is 44.8 Å². The second-order valence-corrected chi connectivity index (χ2v) is 4.53. The fourth-order valence-electron chi connectivity index (χ4n) is 1.93. The van der Waals surface area contributed by atoms with Crippen LogP contribution in [0.4, 0.5) is 0 Å². The molecule has 1 fully saturated rings. The predicted molar refractivity (Wildman–Crippen MR) is 66.3 cm³/mol. The number of carboxylic acid groups (broad SMARTS) is 1. The summed E-state index contributed by atoms with van der Waals surface area (Å²) < 4.78 is 5.50. The van der Waals surface area contributed by atoms with E-state index in [1.54, 1.807) is 0 Å². The number of carbonyl (C=O) groups is 2. The number of ether oxygens (including phenoxy) is 1. The standard InChI is InChI=1S/C12H22N2O4/c1-2-9(7-12(16)17)14-11(15)8-18-10-3-5-13-6-4-10/h9-10,13H,2-8H2,1H3,(H,14,15)(H,16,17). The first-order valence-electron chi connectivity index (χ1n) is 6.45. The summed E-state index contributed by atoms with van der Waals surface area (Å²) in [7, 11) is 0. The number of piperidine rings is 1. The molecule has 3 N–H and O–H groups in total. The van der Waals surface area contributed by atoms with Gasteiger partial charge in [0.05, 0.1) is 12.5 Å². The Kier molecular flexibility index (Phi) is 6.67. The van der Waals surface area contributed by atoms with Crippen LogP contribution in [0.1, 0.15) is 32.6 Å². The van der Waals surface area contributed by atoms with E-state index in [4.69, 9.17) is 9.84 Å². The number of aliphatic carboxylic acids is 1. The monoisotopic (exact) mass is 258 g/mol.